The van der Waals surface area contributed by atoms with Gasteiger partial charge >= 0.3 is 29.6 Å². The maximum atomic E-state index is 5.39. The minimum atomic E-state index is -2.35. The summed E-state index contributed by atoms with van der Waals surface area (Å²) >= 11 is 14.6. The zero-order valence-corrected chi connectivity index (χ0v) is 19.2. The van der Waals surface area contributed by atoms with Gasteiger partial charge in [-0.05, 0) is 34.9 Å². The van der Waals surface area contributed by atoms with Crippen LogP contribution in [0.1, 0.15) is 0 Å². The Morgan fingerprint density at radius 3 is 1.11 bits per heavy atom. The number of halogens is 3. The van der Waals surface area contributed by atoms with Gasteiger partial charge in [0, 0.05) is 28.4 Å². The van der Waals surface area contributed by atoms with E-state index >= 15 is 0 Å². The molecule has 0 aliphatic heterocycles. The molecule has 0 amide bonds. The van der Waals surface area contributed by atoms with Crippen LogP contribution in [0.15, 0.2) is 0 Å². The van der Waals surface area contributed by atoms with Crippen LogP contribution in [0.25, 0.3) is 0 Å². The zero-order chi connectivity index (χ0) is 11.8. The summed E-state index contributed by atoms with van der Waals surface area (Å²) in [5.74, 6) is -2.35. The summed E-state index contributed by atoms with van der Waals surface area (Å²) in [6.07, 6.45) is 0. The van der Waals surface area contributed by atoms with Gasteiger partial charge in [-0.1, -0.05) is 0 Å². The first-order valence-electron chi connectivity index (χ1n) is 3.16. The van der Waals surface area contributed by atoms with E-state index in [4.69, 9.17) is 16.7 Å². The molecule has 0 aromatic rings. The number of hydrogen-bond donors (Lipinski definition) is 3. The summed E-state index contributed by atoms with van der Waals surface area (Å²) in [4.78, 5) is 0. The van der Waals surface area contributed by atoms with E-state index in [0.29, 0.717) is 0 Å². The predicted molar refractivity (Wildman–Crippen MR) is 83.9 cm³/mol. The molecule has 0 fully saturated rings. The van der Waals surface area contributed by atoms with Crippen molar-refractivity contribution >= 4 is 59.7 Å². The molecule has 0 saturated carbocycles. The molecule has 0 saturated heterocycles. The monoisotopic (exact) mass is 429 g/mol. The van der Waals surface area contributed by atoms with E-state index in [0.717, 1.165) is 0 Å². The normalized spacial score (nSPS) is 8.74. The van der Waals surface area contributed by atoms with Crippen molar-refractivity contribution in [1.82, 2.24) is 12.3 Å². The van der Waals surface area contributed by atoms with Gasteiger partial charge in [-0.2, -0.15) is 0 Å². The molecule has 0 unspecified atom stereocenters. The van der Waals surface area contributed by atoms with Gasteiger partial charge in [0.2, 0.25) is 0 Å². The van der Waals surface area contributed by atoms with Gasteiger partial charge < -0.3 is 42.8 Å². The van der Waals surface area contributed by atoms with E-state index < -0.39 is 12.5 Å². The summed E-state index contributed by atoms with van der Waals surface area (Å²) in [6.45, 7) is -2.32. The second-order valence-corrected chi connectivity index (χ2v) is 10.0. The maximum Gasteiger partial charge on any atom is 1.00 e. The fourth-order valence-electron chi connectivity index (χ4n) is 0.149. The van der Waals surface area contributed by atoms with Gasteiger partial charge in [0.1, 0.15) is 0 Å². The van der Waals surface area contributed by atoms with Crippen molar-refractivity contribution in [1.29, 1.82) is 0 Å². The first-order valence-corrected chi connectivity index (χ1v) is 9.41. The van der Waals surface area contributed by atoms with Crippen molar-refractivity contribution in [2.45, 2.75) is 0 Å². The van der Waals surface area contributed by atoms with Crippen LogP contribution in [-0.4, -0.2) is 28.4 Å². The van der Waals surface area contributed by atoms with E-state index in [1.807, 2.05) is 0 Å². The first kappa shape index (κ1) is 43.1. The Morgan fingerprint density at radius 1 is 0.895 bits per heavy atom. The van der Waals surface area contributed by atoms with Gasteiger partial charge in [-0.25, -0.2) is 0 Å². The summed E-state index contributed by atoms with van der Waals surface area (Å²) in [5.41, 5.74) is 5.20. The molecule has 0 aromatic carbocycles. The predicted octanol–water partition coefficient (Wildman–Crippen LogP) is -3.04. The number of rotatable bonds is 4. The standard InChI is InChI=1S/C2H6ClO2PS.C2H8NO2PS.2ClH.2H3N.Na/c2*1-4-6(3,7)5-2;;;;;/h1-2H3;1-2H3,(H2,3,7);2*1H;2*1H3;/q;;;;;;+1/p-1. The van der Waals surface area contributed by atoms with Gasteiger partial charge in [0.05, 0.1) is 0 Å². The summed E-state index contributed by atoms with van der Waals surface area (Å²) < 4.78 is 18.2. The molecule has 8 N–H and O–H groups in total. The van der Waals surface area contributed by atoms with E-state index in [2.05, 4.69) is 41.7 Å². The second kappa shape index (κ2) is 23.2. The van der Waals surface area contributed by atoms with Crippen molar-refractivity contribution in [2.75, 3.05) is 28.4 Å². The molecule has 7 nitrogen and oxygen atoms in total. The Morgan fingerprint density at radius 2 is 1.11 bits per heavy atom. The summed E-state index contributed by atoms with van der Waals surface area (Å²) in [7, 11) is 5.73. The molecule has 0 radical (unpaired) electrons. The third-order valence-electron chi connectivity index (χ3n) is 0.945. The Balaban J connectivity index is -0.0000000240. The van der Waals surface area contributed by atoms with Crippen molar-refractivity contribution in [3.63, 3.8) is 0 Å². The van der Waals surface area contributed by atoms with Crippen LogP contribution in [0.3, 0.4) is 0 Å². The molecule has 0 aromatic heterocycles. The maximum absolute atomic E-state index is 5.39. The molecule has 19 heavy (non-hydrogen) atoms. The third-order valence-corrected chi connectivity index (χ3v) is 5.45. The first-order chi connectivity index (χ1) is 6.24. The van der Waals surface area contributed by atoms with Gasteiger partial charge in [0.15, 0.2) is 0 Å². The van der Waals surface area contributed by atoms with Crippen LogP contribution < -0.4 is 59.8 Å². The molecule has 0 heterocycles. The topological polar surface area (TPSA) is 133 Å². The zero-order valence-electron chi connectivity index (χ0n) is 11.5. The average molecular weight is 431 g/mol. The van der Waals surface area contributed by atoms with Crippen LogP contribution >= 0.6 is 36.1 Å². The molecule has 0 aliphatic carbocycles. The third kappa shape index (κ3) is 33.6. The van der Waals surface area contributed by atoms with Gasteiger partial charge in [-0.15, -0.1) is 12.4 Å². The van der Waals surface area contributed by atoms with Crippen LogP contribution in [0.5, 0.6) is 0 Å². The van der Waals surface area contributed by atoms with E-state index in [-0.39, 0.29) is 66.7 Å². The van der Waals surface area contributed by atoms with E-state index in [1.165, 1.54) is 28.4 Å². The van der Waals surface area contributed by atoms with Crippen molar-refractivity contribution in [3.05, 3.63) is 0 Å². The van der Waals surface area contributed by atoms with Gasteiger partial charge in [0.25, 0.3) is 12.5 Å². The Bertz CT molecular complexity index is 219. The average Bonchev–Trinajstić information content (AvgIpc) is 2.19. The molecule has 120 valence electrons. The summed E-state index contributed by atoms with van der Waals surface area (Å²) in [6, 6.07) is 0. The molecule has 0 bridgehead atoms. The van der Waals surface area contributed by atoms with Crippen LogP contribution in [0, 0.1) is 0 Å². The second-order valence-electron chi connectivity index (χ2n) is 1.70. The minimum absolute atomic E-state index is 0. The van der Waals surface area contributed by atoms with Crippen molar-refractivity contribution in [3.8, 4) is 0 Å². The van der Waals surface area contributed by atoms with Crippen LogP contribution in [0.4, 0.5) is 0 Å². The Kier molecular flexibility index (Phi) is 52.5. The fraction of sp³-hybridized carbons (Fsp3) is 1.00. The fourth-order valence-corrected chi connectivity index (χ4v) is 0.447. The Labute approximate surface area is 164 Å². The number of nitrogens with two attached hydrogens (primary N) is 1. The Hall–Kier alpha value is 2.89. The molecular formula is C4H21Cl3N3NaO4P2S2. The molecule has 0 spiro atoms. The molecule has 0 aliphatic rings. The molecule has 0 atom stereocenters. The molecular weight excluding hydrogens is 409 g/mol. The number of hydrogen-bond acceptors (Lipinski definition) is 8. The van der Waals surface area contributed by atoms with Crippen LogP contribution in [0.2, 0.25) is 0 Å². The molecule has 0 rings (SSSR count). The molecule has 15 heteroatoms. The summed E-state index contributed by atoms with van der Waals surface area (Å²) in [5, 5.41) is 0. The van der Waals surface area contributed by atoms with Crippen LogP contribution in [-0.2, 0) is 41.7 Å². The van der Waals surface area contributed by atoms with Crippen molar-refractivity contribution < 1.29 is 60.1 Å². The van der Waals surface area contributed by atoms with E-state index in [9.17, 15) is 0 Å². The smallest absolute Gasteiger partial charge is 1.00 e. The van der Waals surface area contributed by atoms with E-state index in [1.54, 1.807) is 0 Å². The SMILES string of the molecule is COP(=S)(Cl)OC.COP(N)(=S)OC.Cl.N.N.[Cl-].[Na+]. The quantitative estimate of drug-likeness (QED) is 0.314. The van der Waals surface area contributed by atoms with Crippen molar-refractivity contribution in [2.24, 2.45) is 5.50 Å². The minimum Gasteiger partial charge on any atom is -1.00 e. The largest absolute Gasteiger partial charge is 1.00 e. The van der Waals surface area contributed by atoms with Gasteiger partial charge in [-0.3, -0.25) is 5.50 Å².